The predicted molar refractivity (Wildman–Crippen MR) is 95.7 cm³/mol. The average Bonchev–Trinajstić information content (AvgIpc) is 3.03. The van der Waals surface area contributed by atoms with Crippen molar-refractivity contribution in [3.8, 4) is 11.5 Å². The molecule has 2 aromatic heterocycles. The highest BCUT2D eigenvalue weighted by Crippen LogP contribution is 2.20. The summed E-state index contributed by atoms with van der Waals surface area (Å²) < 4.78 is 3.53. The number of aromatic nitrogens is 4. The van der Waals surface area contributed by atoms with Crippen molar-refractivity contribution in [1.82, 2.24) is 24.1 Å². The molecule has 0 aliphatic carbocycles. The number of benzene rings is 1. The van der Waals surface area contributed by atoms with Gasteiger partial charge in [0, 0.05) is 25.7 Å². The maximum absolute atomic E-state index is 12.1. The second kappa shape index (κ2) is 6.78. The van der Waals surface area contributed by atoms with Crippen molar-refractivity contribution < 1.29 is 15.0 Å². The van der Waals surface area contributed by atoms with Crippen LogP contribution in [-0.4, -0.2) is 41.0 Å². The molecule has 0 saturated heterocycles. The molecule has 0 spiro atoms. The first-order chi connectivity index (χ1) is 12.8. The molecule has 1 aromatic carbocycles. The van der Waals surface area contributed by atoms with Gasteiger partial charge in [0.1, 0.15) is 23.7 Å². The van der Waals surface area contributed by atoms with Crippen LogP contribution in [0, 0.1) is 0 Å². The van der Waals surface area contributed by atoms with E-state index in [4.69, 9.17) is 0 Å². The summed E-state index contributed by atoms with van der Waals surface area (Å²) in [5, 5.41) is 22.6. The zero-order valence-corrected chi connectivity index (χ0v) is 14.4. The van der Waals surface area contributed by atoms with Gasteiger partial charge in [0.15, 0.2) is 5.52 Å². The van der Waals surface area contributed by atoms with Crippen LogP contribution in [0.5, 0.6) is 11.5 Å². The molecule has 3 N–H and O–H groups in total. The lowest BCUT2D eigenvalue weighted by Crippen LogP contribution is -2.37. The van der Waals surface area contributed by atoms with E-state index in [-0.39, 0.29) is 29.2 Å². The number of phenols is 2. The lowest BCUT2D eigenvalue weighted by Gasteiger charge is -2.07. The molecule has 11 nitrogen and oxygen atoms in total. The van der Waals surface area contributed by atoms with Crippen LogP contribution in [0.25, 0.3) is 11.2 Å². The molecule has 27 heavy (non-hydrogen) atoms. The summed E-state index contributed by atoms with van der Waals surface area (Å²) in [7, 11) is 2.83. The normalized spacial score (nSPS) is 11.3. The topological polar surface area (TPSA) is 144 Å². The molecule has 140 valence electrons. The third kappa shape index (κ3) is 3.29. The van der Waals surface area contributed by atoms with Gasteiger partial charge in [0.05, 0.1) is 12.5 Å². The fourth-order valence-corrected chi connectivity index (χ4v) is 2.56. The number of hydrogen-bond acceptors (Lipinski definition) is 7. The van der Waals surface area contributed by atoms with Crippen molar-refractivity contribution >= 4 is 23.3 Å². The van der Waals surface area contributed by atoms with Crippen LogP contribution in [0.15, 0.2) is 39.2 Å². The van der Waals surface area contributed by atoms with E-state index >= 15 is 0 Å². The molecule has 0 fully saturated rings. The van der Waals surface area contributed by atoms with Crippen LogP contribution < -0.4 is 16.7 Å². The van der Waals surface area contributed by atoms with Crippen molar-refractivity contribution in [3.63, 3.8) is 0 Å². The fraction of sp³-hybridized carbons (Fsp3) is 0.188. The maximum Gasteiger partial charge on any atom is 0.332 e. The minimum Gasteiger partial charge on any atom is -0.508 e. The van der Waals surface area contributed by atoms with Gasteiger partial charge in [0.2, 0.25) is 0 Å². The molecule has 0 aliphatic rings. The van der Waals surface area contributed by atoms with Gasteiger partial charge in [-0.25, -0.2) is 15.2 Å². The Kier molecular flexibility index (Phi) is 4.50. The largest absolute Gasteiger partial charge is 0.508 e. The maximum atomic E-state index is 12.1. The third-order valence-corrected chi connectivity index (χ3v) is 3.93. The van der Waals surface area contributed by atoms with Crippen LogP contribution in [0.2, 0.25) is 0 Å². The Morgan fingerprint density at radius 3 is 2.70 bits per heavy atom. The number of carbonyl (C=O) groups excluding carboxylic acids is 1. The molecule has 0 bridgehead atoms. The highest BCUT2D eigenvalue weighted by molar-refractivity contribution is 5.85. The number of aryl methyl sites for hydroxylation is 1. The van der Waals surface area contributed by atoms with E-state index in [0.717, 1.165) is 10.6 Å². The number of nitrogens with zero attached hydrogens (tertiary/aromatic N) is 5. The Labute approximate surface area is 151 Å². The molecular formula is C16H16N6O5. The first-order valence-corrected chi connectivity index (χ1v) is 7.74. The predicted octanol–water partition coefficient (Wildman–Crippen LogP) is -1.00. The van der Waals surface area contributed by atoms with Crippen LogP contribution in [0.1, 0.15) is 5.56 Å². The van der Waals surface area contributed by atoms with Gasteiger partial charge in [-0.1, -0.05) is 0 Å². The van der Waals surface area contributed by atoms with Crippen molar-refractivity contribution in [1.29, 1.82) is 0 Å². The highest BCUT2D eigenvalue weighted by Gasteiger charge is 2.15. The van der Waals surface area contributed by atoms with Gasteiger partial charge < -0.3 is 14.8 Å². The second-order valence-electron chi connectivity index (χ2n) is 5.79. The number of hydrogen-bond donors (Lipinski definition) is 3. The summed E-state index contributed by atoms with van der Waals surface area (Å²) in [6.07, 6.45) is 2.50. The van der Waals surface area contributed by atoms with E-state index in [1.807, 2.05) is 0 Å². The number of aromatic hydroxyl groups is 2. The van der Waals surface area contributed by atoms with Gasteiger partial charge in [-0.3, -0.25) is 18.7 Å². The van der Waals surface area contributed by atoms with Crippen molar-refractivity contribution in [2.75, 3.05) is 0 Å². The lowest BCUT2D eigenvalue weighted by atomic mass is 10.2. The van der Waals surface area contributed by atoms with Crippen LogP contribution in [0.3, 0.4) is 0 Å². The summed E-state index contributed by atoms with van der Waals surface area (Å²) >= 11 is 0. The smallest absolute Gasteiger partial charge is 0.332 e. The zero-order valence-electron chi connectivity index (χ0n) is 14.4. The molecule has 11 heteroatoms. The Morgan fingerprint density at radius 2 is 2.00 bits per heavy atom. The highest BCUT2D eigenvalue weighted by atomic mass is 16.3. The van der Waals surface area contributed by atoms with E-state index in [0.29, 0.717) is 5.56 Å². The average molecular weight is 372 g/mol. The Bertz CT molecular complexity index is 1190. The molecular weight excluding hydrogens is 356 g/mol. The van der Waals surface area contributed by atoms with Gasteiger partial charge >= 0.3 is 5.69 Å². The van der Waals surface area contributed by atoms with Crippen LogP contribution in [0.4, 0.5) is 0 Å². The molecule has 1 amide bonds. The van der Waals surface area contributed by atoms with Crippen molar-refractivity contribution in [3.05, 3.63) is 50.9 Å². The van der Waals surface area contributed by atoms with Gasteiger partial charge in [-0.05, 0) is 12.1 Å². The van der Waals surface area contributed by atoms with E-state index in [1.165, 1.54) is 47.9 Å². The monoisotopic (exact) mass is 372 g/mol. The Hall–Kier alpha value is -3.89. The Balaban J connectivity index is 1.80. The molecule has 0 saturated carbocycles. The number of amides is 1. The number of phenolic OH excluding ortho intramolecular Hbond substituents is 2. The SMILES string of the molecule is Cn1c(=O)c2ncn(CC(=O)NN=Cc3ccc(O)cc3O)c2n(C)c1=O. The first-order valence-electron chi connectivity index (χ1n) is 7.74. The molecule has 2 heterocycles. The molecule has 0 atom stereocenters. The summed E-state index contributed by atoms with van der Waals surface area (Å²) in [5.41, 5.74) is 1.79. The fourth-order valence-electron chi connectivity index (χ4n) is 2.56. The van der Waals surface area contributed by atoms with E-state index in [1.54, 1.807) is 0 Å². The Morgan fingerprint density at radius 1 is 1.26 bits per heavy atom. The molecule has 3 rings (SSSR count). The van der Waals surface area contributed by atoms with Gasteiger partial charge in [-0.2, -0.15) is 5.10 Å². The standard InChI is InChI=1S/C16H16N6O5/c1-20-14-13(15(26)21(2)16(20)27)17-8-22(14)7-12(25)19-18-6-9-3-4-10(23)5-11(9)24/h3-6,8,23-24H,7H2,1-2H3,(H,19,25). The van der Waals surface area contributed by atoms with Crippen molar-refractivity contribution in [2.45, 2.75) is 6.54 Å². The van der Waals surface area contributed by atoms with Gasteiger partial charge in [-0.15, -0.1) is 0 Å². The zero-order chi connectivity index (χ0) is 19.7. The van der Waals surface area contributed by atoms with E-state index < -0.39 is 17.2 Å². The molecule has 0 radical (unpaired) electrons. The quantitative estimate of drug-likeness (QED) is 0.396. The van der Waals surface area contributed by atoms with E-state index in [9.17, 15) is 24.6 Å². The number of carbonyl (C=O) groups is 1. The number of nitrogens with one attached hydrogen (secondary N) is 1. The molecule has 3 aromatic rings. The van der Waals surface area contributed by atoms with Crippen LogP contribution >= 0.6 is 0 Å². The number of imidazole rings is 1. The first kappa shape index (κ1) is 17.9. The minimum atomic E-state index is -0.548. The summed E-state index contributed by atoms with van der Waals surface area (Å²) in [5.74, 6) is -0.825. The van der Waals surface area contributed by atoms with Crippen LogP contribution in [-0.2, 0) is 25.4 Å². The molecule has 0 unspecified atom stereocenters. The summed E-state index contributed by atoms with van der Waals surface area (Å²) in [6, 6.07) is 3.93. The van der Waals surface area contributed by atoms with Crippen molar-refractivity contribution in [2.24, 2.45) is 19.2 Å². The minimum absolute atomic E-state index is 0.0740. The number of rotatable bonds is 4. The summed E-state index contributed by atoms with van der Waals surface area (Å²) in [6.45, 7) is -0.226. The third-order valence-electron chi connectivity index (χ3n) is 3.93. The van der Waals surface area contributed by atoms with Gasteiger partial charge in [0.25, 0.3) is 11.5 Å². The number of fused-ring (bicyclic) bond motifs is 1. The lowest BCUT2D eigenvalue weighted by molar-refractivity contribution is -0.121. The molecule has 0 aliphatic heterocycles. The number of hydrazone groups is 1. The summed E-state index contributed by atoms with van der Waals surface area (Å²) in [4.78, 5) is 40.2. The second-order valence-corrected chi connectivity index (χ2v) is 5.79. The van der Waals surface area contributed by atoms with E-state index in [2.05, 4.69) is 15.5 Å².